The standard InChI is InChI=1S/C16H28N4O/c1-5-20(13(2)12-19(3)4)11-10-16(21)18-15-9-7-6-8-14(15)17/h6-9,13H,5,10-12,17H2,1-4H3,(H,18,21). The zero-order valence-corrected chi connectivity index (χ0v) is 13.6. The average Bonchev–Trinajstić information content (AvgIpc) is 2.41. The molecule has 1 aromatic carbocycles. The zero-order chi connectivity index (χ0) is 15.8. The van der Waals surface area contributed by atoms with Gasteiger partial charge in [0.1, 0.15) is 0 Å². The summed E-state index contributed by atoms with van der Waals surface area (Å²) in [5, 5.41) is 2.87. The fourth-order valence-electron chi connectivity index (χ4n) is 2.40. The minimum Gasteiger partial charge on any atom is -0.397 e. The lowest BCUT2D eigenvalue weighted by molar-refractivity contribution is -0.116. The second kappa shape index (κ2) is 8.64. The maximum Gasteiger partial charge on any atom is 0.225 e. The molecule has 3 N–H and O–H groups in total. The molecule has 5 heteroatoms. The summed E-state index contributed by atoms with van der Waals surface area (Å²) in [5.74, 6) is 0.00315. The summed E-state index contributed by atoms with van der Waals surface area (Å²) in [7, 11) is 4.13. The Hall–Kier alpha value is -1.59. The molecule has 1 atom stereocenters. The third kappa shape index (κ3) is 6.14. The number of carbonyl (C=O) groups is 1. The van der Waals surface area contributed by atoms with Crippen molar-refractivity contribution in [3.05, 3.63) is 24.3 Å². The van der Waals surface area contributed by atoms with Gasteiger partial charge in [0.2, 0.25) is 5.91 Å². The minimum absolute atomic E-state index is 0.00315. The van der Waals surface area contributed by atoms with Crippen LogP contribution < -0.4 is 11.1 Å². The van der Waals surface area contributed by atoms with Crippen molar-refractivity contribution in [2.24, 2.45) is 0 Å². The number of nitrogen functional groups attached to an aromatic ring is 1. The van der Waals surface area contributed by atoms with E-state index in [0.717, 1.165) is 19.6 Å². The Morgan fingerprint density at radius 2 is 2.00 bits per heavy atom. The molecule has 0 heterocycles. The zero-order valence-electron chi connectivity index (χ0n) is 13.6. The van der Waals surface area contributed by atoms with Crippen LogP contribution in [0.5, 0.6) is 0 Å². The van der Waals surface area contributed by atoms with Crippen molar-refractivity contribution in [1.29, 1.82) is 0 Å². The van der Waals surface area contributed by atoms with E-state index in [2.05, 4.69) is 43.1 Å². The topological polar surface area (TPSA) is 61.6 Å². The van der Waals surface area contributed by atoms with E-state index in [1.807, 2.05) is 18.2 Å². The van der Waals surface area contributed by atoms with E-state index in [-0.39, 0.29) is 5.91 Å². The molecule has 118 valence electrons. The summed E-state index contributed by atoms with van der Waals surface area (Å²) in [6.07, 6.45) is 0.472. The molecule has 0 aromatic heterocycles. The van der Waals surface area contributed by atoms with E-state index in [4.69, 9.17) is 5.73 Å². The molecular weight excluding hydrogens is 264 g/mol. The highest BCUT2D eigenvalue weighted by molar-refractivity contribution is 5.93. The molecule has 0 aliphatic carbocycles. The van der Waals surface area contributed by atoms with Gasteiger partial charge in [-0.1, -0.05) is 19.1 Å². The highest BCUT2D eigenvalue weighted by atomic mass is 16.1. The van der Waals surface area contributed by atoms with Gasteiger partial charge in [0.15, 0.2) is 0 Å². The Morgan fingerprint density at radius 1 is 1.33 bits per heavy atom. The minimum atomic E-state index is 0.00315. The molecule has 21 heavy (non-hydrogen) atoms. The largest absolute Gasteiger partial charge is 0.397 e. The van der Waals surface area contributed by atoms with Gasteiger partial charge in [-0.05, 0) is 39.7 Å². The van der Waals surface area contributed by atoms with Crippen LogP contribution in [0.25, 0.3) is 0 Å². The van der Waals surface area contributed by atoms with Gasteiger partial charge in [0.25, 0.3) is 0 Å². The summed E-state index contributed by atoms with van der Waals surface area (Å²) in [5.41, 5.74) is 7.11. The second-order valence-electron chi connectivity index (χ2n) is 5.63. The Kier molecular flexibility index (Phi) is 7.19. The molecule has 1 unspecified atom stereocenters. The number of para-hydroxylation sites is 2. The van der Waals surface area contributed by atoms with Gasteiger partial charge in [0, 0.05) is 25.6 Å². The van der Waals surface area contributed by atoms with Crippen LogP contribution >= 0.6 is 0 Å². The lowest BCUT2D eigenvalue weighted by atomic mass is 10.2. The highest BCUT2D eigenvalue weighted by Crippen LogP contribution is 2.16. The molecule has 0 saturated heterocycles. The third-order valence-electron chi connectivity index (χ3n) is 3.52. The first kappa shape index (κ1) is 17.5. The van der Waals surface area contributed by atoms with Gasteiger partial charge < -0.3 is 16.0 Å². The maximum absolute atomic E-state index is 12.0. The van der Waals surface area contributed by atoms with Crippen LogP contribution in [0.4, 0.5) is 11.4 Å². The third-order valence-corrected chi connectivity index (χ3v) is 3.52. The molecule has 0 spiro atoms. The molecule has 0 aliphatic rings. The number of nitrogens with one attached hydrogen (secondary N) is 1. The Balaban J connectivity index is 2.46. The van der Waals surface area contributed by atoms with E-state index in [1.165, 1.54) is 0 Å². The van der Waals surface area contributed by atoms with Crippen LogP contribution in [0.15, 0.2) is 24.3 Å². The van der Waals surface area contributed by atoms with Gasteiger partial charge in [-0.2, -0.15) is 0 Å². The highest BCUT2D eigenvalue weighted by Gasteiger charge is 2.14. The second-order valence-corrected chi connectivity index (χ2v) is 5.63. The molecule has 0 radical (unpaired) electrons. The van der Waals surface area contributed by atoms with Gasteiger partial charge in [-0.3, -0.25) is 9.69 Å². The lowest BCUT2D eigenvalue weighted by Crippen LogP contribution is -2.41. The van der Waals surface area contributed by atoms with Crippen molar-refractivity contribution < 1.29 is 4.79 Å². The summed E-state index contributed by atoms with van der Waals surface area (Å²) < 4.78 is 0. The van der Waals surface area contributed by atoms with E-state index in [9.17, 15) is 4.79 Å². The van der Waals surface area contributed by atoms with Crippen molar-refractivity contribution in [3.8, 4) is 0 Å². The summed E-state index contributed by atoms with van der Waals surface area (Å²) in [6, 6.07) is 7.75. The van der Waals surface area contributed by atoms with Crippen molar-refractivity contribution in [2.75, 3.05) is 44.8 Å². The SMILES string of the molecule is CCN(CCC(=O)Nc1ccccc1N)C(C)CN(C)C. The van der Waals surface area contributed by atoms with Crippen LogP contribution in [-0.2, 0) is 4.79 Å². The molecule has 1 rings (SSSR count). The predicted octanol–water partition coefficient (Wildman–Crippen LogP) is 1.87. The van der Waals surface area contributed by atoms with Gasteiger partial charge in [-0.15, -0.1) is 0 Å². The smallest absolute Gasteiger partial charge is 0.225 e. The number of nitrogens with zero attached hydrogens (tertiary/aromatic N) is 2. The van der Waals surface area contributed by atoms with Crippen molar-refractivity contribution >= 4 is 17.3 Å². The van der Waals surface area contributed by atoms with Gasteiger partial charge in [0.05, 0.1) is 11.4 Å². The quantitative estimate of drug-likeness (QED) is 0.718. The molecule has 0 saturated carbocycles. The molecule has 0 fully saturated rings. The Bertz CT molecular complexity index is 448. The first-order valence-electron chi connectivity index (χ1n) is 7.47. The van der Waals surface area contributed by atoms with Gasteiger partial charge >= 0.3 is 0 Å². The monoisotopic (exact) mass is 292 g/mol. The molecule has 1 aromatic rings. The van der Waals surface area contributed by atoms with Crippen molar-refractivity contribution in [1.82, 2.24) is 9.80 Å². The fourth-order valence-corrected chi connectivity index (χ4v) is 2.40. The fraction of sp³-hybridized carbons (Fsp3) is 0.562. The average molecular weight is 292 g/mol. The summed E-state index contributed by atoms with van der Waals surface area (Å²) in [6.45, 7) is 7.00. The molecule has 0 aliphatic heterocycles. The molecule has 0 bridgehead atoms. The Morgan fingerprint density at radius 3 is 2.57 bits per heavy atom. The van der Waals surface area contributed by atoms with Gasteiger partial charge in [-0.25, -0.2) is 0 Å². The van der Waals surface area contributed by atoms with Crippen LogP contribution in [0.2, 0.25) is 0 Å². The summed E-state index contributed by atoms with van der Waals surface area (Å²) >= 11 is 0. The Labute approximate surface area is 128 Å². The van der Waals surface area contributed by atoms with E-state index >= 15 is 0 Å². The number of nitrogens with two attached hydrogens (primary N) is 1. The number of amides is 1. The number of benzene rings is 1. The number of hydrogen-bond donors (Lipinski definition) is 2. The summed E-state index contributed by atoms with van der Waals surface area (Å²) in [4.78, 5) is 16.5. The van der Waals surface area contributed by atoms with Crippen LogP contribution in [0, 0.1) is 0 Å². The first-order chi connectivity index (χ1) is 9.93. The van der Waals surface area contributed by atoms with Crippen molar-refractivity contribution in [2.45, 2.75) is 26.3 Å². The van der Waals surface area contributed by atoms with Crippen LogP contribution in [-0.4, -0.2) is 55.5 Å². The maximum atomic E-state index is 12.0. The number of likely N-dealkylation sites (N-methyl/N-ethyl adjacent to an activating group) is 2. The predicted molar refractivity (Wildman–Crippen MR) is 89.4 cm³/mol. The van der Waals surface area contributed by atoms with Crippen molar-refractivity contribution in [3.63, 3.8) is 0 Å². The van der Waals surface area contributed by atoms with E-state index in [0.29, 0.717) is 23.8 Å². The van der Waals surface area contributed by atoms with E-state index in [1.54, 1.807) is 6.07 Å². The normalized spacial score (nSPS) is 12.7. The first-order valence-corrected chi connectivity index (χ1v) is 7.47. The molecular formula is C16H28N4O. The van der Waals surface area contributed by atoms with E-state index < -0.39 is 0 Å². The van der Waals surface area contributed by atoms with Crippen LogP contribution in [0.1, 0.15) is 20.3 Å². The number of rotatable bonds is 8. The number of anilines is 2. The molecule has 1 amide bonds. The lowest BCUT2D eigenvalue weighted by Gasteiger charge is -2.29. The number of hydrogen-bond acceptors (Lipinski definition) is 4. The molecule has 5 nitrogen and oxygen atoms in total. The number of carbonyl (C=O) groups excluding carboxylic acids is 1. The van der Waals surface area contributed by atoms with Crippen LogP contribution in [0.3, 0.4) is 0 Å².